The second-order valence-corrected chi connectivity index (χ2v) is 10.0. The normalized spacial score (nSPS) is 12.9. The quantitative estimate of drug-likeness (QED) is 0.212. The summed E-state index contributed by atoms with van der Waals surface area (Å²) in [5.74, 6) is -1.69. The van der Waals surface area contributed by atoms with E-state index in [-0.39, 0.29) is 30.2 Å². The highest BCUT2D eigenvalue weighted by atomic mass is 32.2. The molecule has 1 atom stereocenters. The van der Waals surface area contributed by atoms with Crippen molar-refractivity contribution in [2.24, 2.45) is 0 Å². The third-order valence-electron chi connectivity index (χ3n) is 5.51. The lowest BCUT2D eigenvalue weighted by Gasteiger charge is -2.29. The van der Waals surface area contributed by atoms with E-state index in [0.29, 0.717) is 9.65 Å². The Hall–Kier alpha value is -4.52. The van der Waals surface area contributed by atoms with Crippen LogP contribution in [0, 0.1) is 6.92 Å². The van der Waals surface area contributed by atoms with E-state index in [2.05, 4.69) is 20.4 Å². The molecule has 0 aliphatic carbocycles. The van der Waals surface area contributed by atoms with Crippen molar-refractivity contribution in [2.45, 2.75) is 37.3 Å². The minimum Gasteiger partial charge on any atom is -0.466 e. The van der Waals surface area contributed by atoms with Gasteiger partial charge in [0.05, 0.1) is 24.8 Å². The van der Waals surface area contributed by atoms with E-state index in [9.17, 15) is 22.8 Å². The van der Waals surface area contributed by atoms with Gasteiger partial charge in [-0.1, -0.05) is 59.3 Å². The number of carbonyl (C=O) groups excluding carboxylic acids is 3. The lowest BCUT2D eigenvalue weighted by Crippen LogP contribution is -2.53. The largest absolute Gasteiger partial charge is 0.466 e. The molecule has 0 fully saturated rings. The summed E-state index contributed by atoms with van der Waals surface area (Å²) in [6.07, 6.45) is 1.90. The topological polar surface area (TPSA) is 156 Å². The fourth-order valence-electron chi connectivity index (χ4n) is 3.43. The summed E-state index contributed by atoms with van der Waals surface area (Å²) in [4.78, 5) is 37.8. The first-order chi connectivity index (χ1) is 18.6. The summed E-state index contributed by atoms with van der Waals surface area (Å²) in [6, 6.07) is 14.9. The molecule has 1 heterocycles. The maximum Gasteiger partial charge on any atom is 0.408 e. The molecule has 2 aromatic carbocycles. The van der Waals surface area contributed by atoms with Crippen molar-refractivity contribution < 1.29 is 37.0 Å². The van der Waals surface area contributed by atoms with Crippen LogP contribution in [-0.4, -0.2) is 54.6 Å². The SMILES string of the molecule is CCOC(=O)[C@](C/C=C/C(=O)OC)(NC(=O)OCc1ccccc1)c1cn(S(=O)(=O)c2ccc(C)cc2)nn1. The second-order valence-electron chi connectivity index (χ2n) is 8.24. The molecule has 3 rings (SSSR count). The van der Waals surface area contributed by atoms with Crippen LogP contribution in [0.3, 0.4) is 0 Å². The maximum absolute atomic E-state index is 13.3. The van der Waals surface area contributed by atoms with E-state index in [1.54, 1.807) is 49.4 Å². The molecule has 39 heavy (non-hydrogen) atoms. The number of alkyl carbamates (subject to hydrolysis) is 1. The Morgan fingerprint density at radius 3 is 2.38 bits per heavy atom. The molecule has 1 amide bonds. The first-order valence-electron chi connectivity index (χ1n) is 11.8. The van der Waals surface area contributed by atoms with Crippen LogP contribution in [-0.2, 0) is 46.0 Å². The zero-order chi connectivity index (χ0) is 28.5. The van der Waals surface area contributed by atoms with Crippen molar-refractivity contribution in [1.29, 1.82) is 0 Å². The molecular formula is C26H28N4O8S. The van der Waals surface area contributed by atoms with Crippen molar-refractivity contribution in [2.75, 3.05) is 13.7 Å². The second kappa shape index (κ2) is 12.8. The zero-order valence-corrected chi connectivity index (χ0v) is 22.4. The summed E-state index contributed by atoms with van der Waals surface area (Å²) in [7, 11) is -3.02. The van der Waals surface area contributed by atoms with Crippen molar-refractivity contribution in [1.82, 2.24) is 19.7 Å². The highest BCUT2D eigenvalue weighted by Crippen LogP contribution is 2.28. The van der Waals surface area contributed by atoms with E-state index >= 15 is 0 Å². The van der Waals surface area contributed by atoms with Crippen LogP contribution in [0.25, 0.3) is 0 Å². The van der Waals surface area contributed by atoms with Crippen LogP contribution in [0.1, 0.15) is 30.2 Å². The molecule has 1 aromatic heterocycles. The molecule has 0 saturated heterocycles. The highest BCUT2D eigenvalue weighted by molar-refractivity contribution is 7.89. The van der Waals surface area contributed by atoms with Gasteiger partial charge >= 0.3 is 18.0 Å². The fourth-order valence-corrected chi connectivity index (χ4v) is 4.49. The number of hydrogen-bond acceptors (Lipinski definition) is 10. The smallest absolute Gasteiger partial charge is 0.408 e. The van der Waals surface area contributed by atoms with Gasteiger partial charge in [0.15, 0.2) is 5.54 Å². The van der Waals surface area contributed by atoms with E-state index in [0.717, 1.165) is 17.8 Å². The van der Waals surface area contributed by atoms with E-state index in [4.69, 9.17) is 9.47 Å². The van der Waals surface area contributed by atoms with Gasteiger partial charge in [0.1, 0.15) is 12.3 Å². The molecule has 1 N–H and O–H groups in total. The lowest BCUT2D eigenvalue weighted by atomic mass is 9.91. The number of aromatic nitrogens is 3. The average molecular weight is 557 g/mol. The predicted molar refractivity (Wildman–Crippen MR) is 138 cm³/mol. The molecule has 0 aliphatic heterocycles. The number of methoxy groups -OCH3 is 1. The van der Waals surface area contributed by atoms with Gasteiger partial charge in [-0.3, -0.25) is 5.32 Å². The van der Waals surface area contributed by atoms with Crippen LogP contribution < -0.4 is 5.32 Å². The fraction of sp³-hybridized carbons (Fsp3) is 0.269. The van der Waals surface area contributed by atoms with Gasteiger partial charge in [0, 0.05) is 12.5 Å². The van der Waals surface area contributed by atoms with Gasteiger partial charge < -0.3 is 14.2 Å². The van der Waals surface area contributed by atoms with Crippen molar-refractivity contribution in [3.8, 4) is 0 Å². The maximum atomic E-state index is 13.3. The minimum atomic E-state index is -4.19. The van der Waals surface area contributed by atoms with Crippen molar-refractivity contribution in [3.63, 3.8) is 0 Å². The summed E-state index contributed by atoms with van der Waals surface area (Å²) in [6.45, 7) is 3.18. The standard InChI is InChI=1S/C26H28N4O8S/c1-4-37-24(32)26(16-8-11-23(31)36-3,27-25(33)38-18-20-9-6-5-7-10-20)22-17-30(29-28-22)39(34,35)21-14-12-19(2)13-15-21/h5-15,17H,4,16,18H2,1-3H3,(H,27,33)/b11-8+/t26-/m1/s1. The Balaban J connectivity index is 2.02. The van der Waals surface area contributed by atoms with Gasteiger partial charge in [0.25, 0.3) is 10.0 Å². The minimum absolute atomic E-state index is 0.0629. The van der Waals surface area contributed by atoms with Crippen LogP contribution in [0.2, 0.25) is 0 Å². The number of esters is 2. The number of benzene rings is 2. The number of aryl methyl sites for hydroxylation is 1. The third kappa shape index (κ3) is 7.08. The lowest BCUT2D eigenvalue weighted by molar-refractivity contribution is -0.151. The van der Waals surface area contributed by atoms with E-state index < -0.39 is 33.6 Å². The summed E-state index contributed by atoms with van der Waals surface area (Å²) in [5, 5.41) is 10.1. The van der Waals surface area contributed by atoms with E-state index in [1.165, 1.54) is 25.3 Å². The number of nitrogens with one attached hydrogen (secondary N) is 1. The molecule has 13 heteroatoms. The summed E-state index contributed by atoms with van der Waals surface area (Å²) < 4.78 is 42.0. The Labute approximate surface area is 225 Å². The molecule has 0 saturated carbocycles. The Bertz CT molecular complexity index is 1440. The Morgan fingerprint density at radius 1 is 1.05 bits per heavy atom. The molecule has 0 aliphatic rings. The number of ether oxygens (including phenoxy) is 3. The molecule has 3 aromatic rings. The van der Waals surface area contributed by atoms with Crippen LogP contribution in [0.4, 0.5) is 4.79 Å². The van der Waals surface area contributed by atoms with Gasteiger partial charge in [-0.15, -0.1) is 9.19 Å². The van der Waals surface area contributed by atoms with E-state index in [1.807, 2.05) is 6.92 Å². The van der Waals surface area contributed by atoms with Gasteiger partial charge in [0.2, 0.25) is 0 Å². The number of hydrogen-bond donors (Lipinski definition) is 1. The van der Waals surface area contributed by atoms with Crippen molar-refractivity contribution in [3.05, 3.63) is 89.8 Å². The van der Waals surface area contributed by atoms with Crippen molar-refractivity contribution >= 4 is 28.1 Å². The average Bonchev–Trinajstić information content (AvgIpc) is 3.44. The predicted octanol–water partition coefficient (Wildman–Crippen LogP) is 2.63. The van der Waals surface area contributed by atoms with Gasteiger partial charge in [-0.25, -0.2) is 14.4 Å². The first-order valence-corrected chi connectivity index (χ1v) is 13.2. The van der Waals surface area contributed by atoms with Crippen LogP contribution in [0.5, 0.6) is 0 Å². The summed E-state index contributed by atoms with van der Waals surface area (Å²) in [5.41, 5.74) is -0.821. The van der Waals surface area contributed by atoms with Gasteiger partial charge in [-0.2, -0.15) is 8.42 Å². The highest BCUT2D eigenvalue weighted by Gasteiger charge is 2.46. The molecular weight excluding hydrogens is 528 g/mol. The molecule has 12 nitrogen and oxygen atoms in total. The van der Waals surface area contributed by atoms with Crippen LogP contribution in [0.15, 0.2) is 77.8 Å². The zero-order valence-electron chi connectivity index (χ0n) is 21.6. The molecule has 0 unspecified atom stereocenters. The van der Waals surface area contributed by atoms with Gasteiger partial charge in [-0.05, 0) is 31.5 Å². The molecule has 0 radical (unpaired) electrons. The Morgan fingerprint density at radius 2 is 1.74 bits per heavy atom. The molecule has 0 spiro atoms. The monoisotopic (exact) mass is 556 g/mol. The number of carbonyl (C=O) groups is 3. The molecule has 0 bridgehead atoms. The number of amides is 1. The third-order valence-corrected chi connectivity index (χ3v) is 7.05. The molecule has 206 valence electrons. The summed E-state index contributed by atoms with van der Waals surface area (Å²) >= 11 is 0. The Kier molecular flexibility index (Phi) is 9.55. The number of nitrogens with zero attached hydrogens (tertiary/aromatic N) is 3. The van der Waals surface area contributed by atoms with Crippen LogP contribution >= 0.6 is 0 Å². The first kappa shape index (κ1) is 29.0. The number of rotatable bonds is 11.